The molecule has 3 aromatic rings. The van der Waals surface area contributed by atoms with E-state index in [1.807, 2.05) is 36.4 Å². The predicted octanol–water partition coefficient (Wildman–Crippen LogP) is 5.13. The molecule has 0 bridgehead atoms. The molecule has 0 aliphatic carbocycles. The van der Waals surface area contributed by atoms with Gasteiger partial charge in [-0.15, -0.1) is 11.3 Å². The number of Topliss-reactive ketones (excluding diaryl/α,β-unsaturated/α-hetero) is 1. The van der Waals surface area contributed by atoms with Crippen molar-refractivity contribution in [2.24, 2.45) is 0 Å². The van der Waals surface area contributed by atoms with Crippen molar-refractivity contribution >= 4 is 39.0 Å². The summed E-state index contributed by atoms with van der Waals surface area (Å²) in [4.78, 5) is 25.0. The van der Waals surface area contributed by atoms with E-state index in [1.54, 1.807) is 30.3 Å². The first kappa shape index (κ1) is 18.4. The highest BCUT2D eigenvalue weighted by Crippen LogP contribution is 2.22. The highest BCUT2D eigenvalue weighted by atomic mass is 79.9. The van der Waals surface area contributed by atoms with Gasteiger partial charge in [0.15, 0.2) is 6.61 Å². The minimum atomic E-state index is -0.541. The highest BCUT2D eigenvalue weighted by molar-refractivity contribution is 9.11. The maximum Gasteiger partial charge on any atom is 0.338 e. The first-order valence-electron chi connectivity index (χ1n) is 7.85. The van der Waals surface area contributed by atoms with E-state index in [0.717, 1.165) is 3.79 Å². The van der Waals surface area contributed by atoms with Crippen LogP contribution in [0, 0.1) is 0 Å². The van der Waals surface area contributed by atoms with Crippen LogP contribution in [0.25, 0.3) is 0 Å². The molecule has 132 valence electrons. The second-order valence-electron chi connectivity index (χ2n) is 5.36. The van der Waals surface area contributed by atoms with E-state index in [-0.39, 0.29) is 19.0 Å². The molecule has 0 aliphatic heterocycles. The summed E-state index contributed by atoms with van der Waals surface area (Å²) >= 11 is 4.62. The number of esters is 1. The molecule has 0 unspecified atom stereocenters. The van der Waals surface area contributed by atoms with Gasteiger partial charge in [0.25, 0.3) is 0 Å². The topological polar surface area (TPSA) is 52.6 Å². The van der Waals surface area contributed by atoms with Gasteiger partial charge in [-0.25, -0.2) is 4.79 Å². The van der Waals surface area contributed by atoms with Gasteiger partial charge in [-0.05, 0) is 46.3 Å². The average molecular weight is 431 g/mol. The first-order valence-corrected chi connectivity index (χ1v) is 9.46. The minimum absolute atomic E-state index is 0.230. The van der Waals surface area contributed by atoms with E-state index in [1.165, 1.54) is 11.3 Å². The van der Waals surface area contributed by atoms with Crippen LogP contribution in [0.5, 0.6) is 5.75 Å². The number of carbonyl (C=O) groups is 2. The molecular formula is C20H15BrO4S. The summed E-state index contributed by atoms with van der Waals surface area (Å²) in [5.41, 5.74) is 1.09. The molecule has 1 aromatic heterocycles. The van der Waals surface area contributed by atoms with Crippen LogP contribution in [0.1, 0.15) is 25.6 Å². The third-order valence-corrected chi connectivity index (χ3v) is 5.22. The van der Waals surface area contributed by atoms with Crippen LogP contribution in [0.15, 0.2) is 70.5 Å². The number of halogens is 1. The van der Waals surface area contributed by atoms with Crippen molar-refractivity contribution in [2.45, 2.75) is 6.61 Å². The second kappa shape index (κ2) is 8.78. The van der Waals surface area contributed by atoms with Crippen molar-refractivity contribution in [3.05, 3.63) is 86.5 Å². The van der Waals surface area contributed by atoms with Crippen LogP contribution < -0.4 is 4.74 Å². The molecule has 4 nitrogen and oxygen atoms in total. The molecule has 0 spiro atoms. The predicted molar refractivity (Wildman–Crippen MR) is 104 cm³/mol. The Labute approximate surface area is 163 Å². The molecule has 26 heavy (non-hydrogen) atoms. The molecule has 0 saturated heterocycles. The van der Waals surface area contributed by atoms with E-state index in [9.17, 15) is 9.59 Å². The maximum absolute atomic E-state index is 12.4. The average Bonchev–Trinajstić information content (AvgIpc) is 3.12. The van der Waals surface area contributed by atoms with Crippen LogP contribution in [-0.2, 0) is 11.3 Å². The van der Waals surface area contributed by atoms with Crippen LogP contribution >= 0.6 is 27.3 Å². The van der Waals surface area contributed by atoms with E-state index in [0.29, 0.717) is 21.8 Å². The number of hydrogen-bond acceptors (Lipinski definition) is 5. The number of rotatable bonds is 7. The summed E-state index contributed by atoms with van der Waals surface area (Å²) in [6.45, 7) is -0.0548. The largest absolute Gasteiger partial charge is 0.489 e. The van der Waals surface area contributed by atoms with E-state index >= 15 is 0 Å². The van der Waals surface area contributed by atoms with Gasteiger partial charge in [0.1, 0.15) is 12.4 Å². The zero-order valence-electron chi connectivity index (χ0n) is 13.7. The number of benzene rings is 2. The van der Waals surface area contributed by atoms with Gasteiger partial charge in [-0.1, -0.05) is 36.4 Å². The molecule has 2 aromatic carbocycles. The molecule has 0 fully saturated rings. The van der Waals surface area contributed by atoms with Crippen molar-refractivity contribution in [1.82, 2.24) is 0 Å². The Kier molecular flexibility index (Phi) is 6.20. The SMILES string of the molecule is O=C(COC(=O)c1ccccc1COc1ccccc1)c1ccc(Br)s1. The lowest BCUT2D eigenvalue weighted by Gasteiger charge is -2.10. The fraction of sp³-hybridized carbons (Fsp3) is 0.100. The summed E-state index contributed by atoms with van der Waals surface area (Å²) in [5.74, 6) is -0.0533. The molecular weight excluding hydrogens is 416 g/mol. The molecule has 3 rings (SSSR count). The van der Waals surface area contributed by atoms with Crippen molar-refractivity contribution < 1.29 is 19.1 Å². The quantitative estimate of drug-likeness (QED) is 0.385. The van der Waals surface area contributed by atoms with Gasteiger partial charge in [0.2, 0.25) is 5.78 Å². The number of hydrogen-bond donors (Lipinski definition) is 0. The second-order valence-corrected chi connectivity index (χ2v) is 7.82. The Morgan fingerprint density at radius 3 is 2.38 bits per heavy atom. The number of carbonyl (C=O) groups excluding carboxylic acids is 2. The molecule has 0 aliphatic rings. The number of thiophene rings is 1. The lowest BCUT2D eigenvalue weighted by molar-refractivity contribution is 0.0473. The molecule has 0 saturated carbocycles. The molecule has 6 heteroatoms. The molecule has 0 radical (unpaired) electrons. The van der Waals surface area contributed by atoms with E-state index < -0.39 is 5.97 Å². The number of ether oxygens (including phenoxy) is 2. The van der Waals surface area contributed by atoms with Crippen LogP contribution in [-0.4, -0.2) is 18.4 Å². The zero-order chi connectivity index (χ0) is 18.4. The Balaban J connectivity index is 1.63. The van der Waals surface area contributed by atoms with Gasteiger partial charge in [0, 0.05) is 5.56 Å². The minimum Gasteiger partial charge on any atom is -0.489 e. The first-order chi connectivity index (χ1) is 12.6. The molecule has 0 atom stereocenters. The third-order valence-electron chi connectivity index (χ3n) is 3.56. The summed E-state index contributed by atoms with van der Waals surface area (Å²) in [5, 5.41) is 0. The highest BCUT2D eigenvalue weighted by Gasteiger charge is 2.16. The number of para-hydroxylation sites is 1. The van der Waals surface area contributed by atoms with Crippen molar-refractivity contribution in [3.8, 4) is 5.75 Å². The normalized spacial score (nSPS) is 10.3. The summed E-state index contributed by atoms with van der Waals surface area (Å²) in [7, 11) is 0. The van der Waals surface area contributed by atoms with Crippen molar-refractivity contribution in [1.29, 1.82) is 0 Å². The Morgan fingerprint density at radius 2 is 1.65 bits per heavy atom. The monoisotopic (exact) mass is 430 g/mol. The molecule has 0 N–H and O–H groups in total. The van der Waals surface area contributed by atoms with Gasteiger partial charge in [-0.2, -0.15) is 0 Å². The maximum atomic E-state index is 12.4. The Bertz CT molecular complexity index is 905. The fourth-order valence-corrected chi connectivity index (χ4v) is 3.58. The summed E-state index contributed by atoms with van der Waals surface area (Å²) < 4.78 is 11.8. The van der Waals surface area contributed by atoms with E-state index in [4.69, 9.17) is 9.47 Å². The number of ketones is 1. The smallest absolute Gasteiger partial charge is 0.338 e. The third kappa shape index (κ3) is 4.80. The van der Waals surface area contributed by atoms with Crippen LogP contribution in [0.3, 0.4) is 0 Å². The van der Waals surface area contributed by atoms with Gasteiger partial charge in [-0.3, -0.25) is 4.79 Å². The molecule has 1 heterocycles. The Hall–Kier alpha value is -2.44. The van der Waals surface area contributed by atoms with Gasteiger partial charge >= 0.3 is 5.97 Å². The zero-order valence-corrected chi connectivity index (χ0v) is 16.1. The standard InChI is InChI=1S/C20H15BrO4S/c21-19-11-10-18(26-19)17(22)13-25-20(23)16-9-5-4-6-14(16)12-24-15-7-2-1-3-8-15/h1-11H,12-13H2. The van der Waals surface area contributed by atoms with Gasteiger partial charge < -0.3 is 9.47 Å². The van der Waals surface area contributed by atoms with Crippen molar-refractivity contribution in [3.63, 3.8) is 0 Å². The summed E-state index contributed by atoms with van der Waals surface area (Å²) in [6, 6.07) is 19.9. The lowest BCUT2D eigenvalue weighted by atomic mass is 10.1. The molecule has 0 amide bonds. The van der Waals surface area contributed by atoms with Gasteiger partial charge in [0.05, 0.1) is 14.2 Å². The lowest BCUT2D eigenvalue weighted by Crippen LogP contribution is -2.15. The van der Waals surface area contributed by atoms with E-state index in [2.05, 4.69) is 15.9 Å². The Morgan fingerprint density at radius 1 is 0.923 bits per heavy atom. The summed E-state index contributed by atoms with van der Waals surface area (Å²) in [6.07, 6.45) is 0. The van der Waals surface area contributed by atoms with Crippen LogP contribution in [0.2, 0.25) is 0 Å². The van der Waals surface area contributed by atoms with Crippen LogP contribution in [0.4, 0.5) is 0 Å². The van der Waals surface area contributed by atoms with Crippen molar-refractivity contribution in [2.75, 3.05) is 6.61 Å². The fourth-order valence-electron chi connectivity index (χ4n) is 2.27.